The zero-order valence-electron chi connectivity index (χ0n) is 16.4. The fourth-order valence-corrected chi connectivity index (χ4v) is 3.91. The lowest BCUT2D eigenvalue weighted by Gasteiger charge is -2.33. The Labute approximate surface area is 168 Å². The molecule has 1 atom stereocenters. The molecule has 0 N–H and O–H groups in total. The largest absolute Gasteiger partial charge is 0.370 e. The molecule has 1 amide bonds. The molecule has 2 heterocycles. The van der Waals surface area contributed by atoms with Crippen LogP contribution in [-0.4, -0.2) is 39.6 Å². The SMILES string of the molecule is CCn1c(=O)n(CCC(=O)N2CCOC(c3ccc(F)cc3)C2)c2ccccc21. The number of hydrogen-bond acceptors (Lipinski definition) is 3. The second-order valence-electron chi connectivity index (χ2n) is 7.17. The summed E-state index contributed by atoms with van der Waals surface area (Å²) >= 11 is 0. The smallest absolute Gasteiger partial charge is 0.329 e. The second-order valence-corrected chi connectivity index (χ2v) is 7.17. The summed E-state index contributed by atoms with van der Waals surface area (Å²) in [5.41, 5.74) is 2.49. The van der Waals surface area contributed by atoms with Gasteiger partial charge in [0.05, 0.1) is 24.2 Å². The van der Waals surface area contributed by atoms with Gasteiger partial charge in [-0.15, -0.1) is 0 Å². The van der Waals surface area contributed by atoms with Crippen molar-refractivity contribution in [3.63, 3.8) is 0 Å². The number of hydrogen-bond donors (Lipinski definition) is 0. The predicted octanol–water partition coefficient (Wildman–Crippen LogP) is 2.95. The van der Waals surface area contributed by atoms with E-state index < -0.39 is 0 Å². The highest BCUT2D eigenvalue weighted by molar-refractivity contribution is 5.78. The van der Waals surface area contributed by atoms with Gasteiger partial charge in [-0.3, -0.25) is 13.9 Å². The molecule has 0 bridgehead atoms. The first-order valence-corrected chi connectivity index (χ1v) is 9.91. The maximum atomic E-state index is 13.2. The van der Waals surface area contributed by atoms with Gasteiger partial charge in [0.25, 0.3) is 0 Å². The van der Waals surface area contributed by atoms with Gasteiger partial charge in [0, 0.05) is 26.1 Å². The molecular formula is C22H24FN3O3. The summed E-state index contributed by atoms with van der Waals surface area (Å²) in [6, 6.07) is 13.8. The molecule has 1 saturated heterocycles. The van der Waals surface area contributed by atoms with E-state index in [-0.39, 0.29) is 29.9 Å². The Hall–Kier alpha value is -2.93. The van der Waals surface area contributed by atoms with E-state index in [9.17, 15) is 14.0 Å². The molecule has 2 aromatic carbocycles. The third-order valence-electron chi connectivity index (χ3n) is 5.45. The van der Waals surface area contributed by atoms with Gasteiger partial charge in [0.1, 0.15) is 11.9 Å². The number of benzene rings is 2. The number of morpholine rings is 1. The van der Waals surface area contributed by atoms with Gasteiger partial charge in [-0.25, -0.2) is 9.18 Å². The number of ether oxygens (including phenoxy) is 1. The molecule has 7 heteroatoms. The lowest BCUT2D eigenvalue weighted by Crippen LogP contribution is -2.42. The van der Waals surface area contributed by atoms with E-state index >= 15 is 0 Å². The van der Waals surface area contributed by atoms with Crippen molar-refractivity contribution in [3.05, 3.63) is 70.4 Å². The van der Waals surface area contributed by atoms with E-state index in [0.717, 1.165) is 16.6 Å². The first-order chi connectivity index (χ1) is 14.1. The minimum atomic E-state index is -0.297. The topological polar surface area (TPSA) is 56.5 Å². The zero-order valence-corrected chi connectivity index (χ0v) is 16.4. The van der Waals surface area contributed by atoms with Crippen LogP contribution >= 0.6 is 0 Å². The molecule has 29 heavy (non-hydrogen) atoms. The molecule has 0 spiro atoms. The number of nitrogens with zero attached hydrogens (tertiary/aromatic N) is 3. The van der Waals surface area contributed by atoms with E-state index in [1.165, 1.54) is 12.1 Å². The number of halogens is 1. The minimum absolute atomic E-state index is 0.0133. The summed E-state index contributed by atoms with van der Waals surface area (Å²) in [6.07, 6.45) is -0.0219. The summed E-state index contributed by atoms with van der Waals surface area (Å²) < 4.78 is 22.3. The number of para-hydroxylation sites is 2. The highest BCUT2D eigenvalue weighted by Gasteiger charge is 2.25. The monoisotopic (exact) mass is 397 g/mol. The van der Waals surface area contributed by atoms with Gasteiger partial charge in [-0.1, -0.05) is 24.3 Å². The lowest BCUT2D eigenvalue weighted by atomic mass is 10.1. The molecule has 0 aliphatic carbocycles. The number of carbonyl (C=O) groups is 1. The fourth-order valence-electron chi connectivity index (χ4n) is 3.91. The summed E-state index contributed by atoms with van der Waals surface area (Å²) in [6.45, 7) is 4.24. The van der Waals surface area contributed by atoms with Crippen LogP contribution in [0, 0.1) is 5.82 Å². The molecule has 1 fully saturated rings. The molecule has 1 aliphatic rings. The van der Waals surface area contributed by atoms with E-state index in [1.54, 1.807) is 26.2 Å². The Morgan fingerprint density at radius 2 is 1.79 bits per heavy atom. The van der Waals surface area contributed by atoms with Gasteiger partial charge in [0.15, 0.2) is 0 Å². The second kappa shape index (κ2) is 8.21. The molecule has 152 valence electrons. The normalized spacial score (nSPS) is 17.0. The number of aromatic nitrogens is 2. The van der Waals surface area contributed by atoms with Crippen LogP contribution in [-0.2, 0) is 22.6 Å². The van der Waals surface area contributed by atoms with Crippen molar-refractivity contribution in [3.8, 4) is 0 Å². The van der Waals surface area contributed by atoms with Gasteiger partial charge >= 0.3 is 5.69 Å². The number of aryl methyl sites for hydroxylation is 2. The highest BCUT2D eigenvalue weighted by atomic mass is 19.1. The average molecular weight is 397 g/mol. The molecule has 0 saturated carbocycles. The van der Waals surface area contributed by atoms with Gasteiger partial charge in [-0.05, 0) is 36.8 Å². The Bertz CT molecular complexity index is 1070. The number of carbonyl (C=O) groups excluding carboxylic acids is 1. The first kappa shape index (κ1) is 19.4. The van der Waals surface area contributed by atoms with Crippen molar-refractivity contribution in [1.82, 2.24) is 14.0 Å². The molecule has 1 aromatic heterocycles. The highest BCUT2D eigenvalue weighted by Crippen LogP contribution is 2.23. The van der Waals surface area contributed by atoms with Crippen molar-refractivity contribution in [1.29, 1.82) is 0 Å². The number of imidazole rings is 1. The van der Waals surface area contributed by atoms with Crippen molar-refractivity contribution in [2.45, 2.75) is 32.5 Å². The van der Waals surface area contributed by atoms with E-state index in [4.69, 9.17) is 4.74 Å². The van der Waals surface area contributed by atoms with Crippen LogP contribution in [0.15, 0.2) is 53.3 Å². The molecule has 4 rings (SSSR count). The molecule has 1 unspecified atom stereocenters. The Balaban J connectivity index is 1.46. The zero-order chi connectivity index (χ0) is 20.4. The van der Waals surface area contributed by atoms with E-state index in [0.29, 0.717) is 32.8 Å². The van der Waals surface area contributed by atoms with Crippen LogP contribution in [0.25, 0.3) is 11.0 Å². The Morgan fingerprint density at radius 1 is 1.10 bits per heavy atom. The van der Waals surface area contributed by atoms with Crippen molar-refractivity contribution in [2.75, 3.05) is 19.7 Å². The molecule has 3 aromatic rings. The van der Waals surface area contributed by atoms with Gasteiger partial charge in [0.2, 0.25) is 5.91 Å². The van der Waals surface area contributed by atoms with Crippen LogP contribution < -0.4 is 5.69 Å². The van der Waals surface area contributed by atoms with Gasteiger partial charge < -0.3 is 9.64 Å². The average Bonchev–Trinajstić information content (AvgIpc) is 3.03. The first-order valence-electron chi connectivity index (χ1n) is 9.91. The maximum Gasteiger partial charge on any atom is 0.329 e. The number of fused-ring (bicyclic) bond motifs is 1. The standard InChI is InChI=1S/C22H24FN3O3/c1-2-25-18-5-3-4-6-19(18)26(22(25)28)12-11-21(27)24-13-14-29-20(15-24)16-7-9-17(23)10-8-16/h3-10,20H,2,11-15H2,1H3. The quantitative estimate of drug-likeness (QED) is 0.665. The van der Waals surface area contributed by atoms with Crippen molar-refractivity contribution < 1.29 is 13.9 Å². The van der Waals surface area contributed by atoms with Crippen LogP contribution in [0.5, 0.6) is 0 Å². The van der Waals surface area contributed by atoms with Crippen molar-refractivity contribution >= 4 is 16.9 Å². The summed E-state index contributed by atoms with van der Waals surface area (Å²) in [5, 5.41) is 0. The number of rotatable bonds is 5. The van der Waals surface area contributed by atoms with E-state index in [2.05, 4.69) is 0 Å². The van der Waals surface area contributed by atoms with Crippen LogP contribution in [0.1, 0.15) is 25.0 Å². The van der Waals surface area contributed by atoms with Gasteiger partial charge in [-0.2, -0.15) is 0 Å². The predicted molar refractivity (Wildman–Crippen MR) is 108 cm³/mol. The molecular weight excluding hydrogens is 373 g/mol. The maximum absolute atomic E-state index is 13.2. The summed E-state index contributed by atoms with van der Waals surface area (Å²) in [5.74, 6) is -0.310. The Morgan fingerprint density at radius 3 is 2.48 bits per heavy atom. The van der Waals surface area contributed by atoms with Crippen LogP contribution in [0.4, 0.5) is 4.39 Å². The minimum Gasteiger partial charge on any atom is -0.370 e. The third kappa shape index (κ3) is 3.82. The molecule has 0 radical (unpaired) electrons. The summed E-state index contributed by atoms with van der Waals surface area (Å²) in [7, 11) is 0. The van der Waals surface area contributed by atoms with E-state index in [1.807, 2.05) is 31.2 Å². The van der Waals surface area contributed by atoms with Crippen LogP contribution in [0.2, 0.25) is 0 Å². The number of amides is 1. The third-order valence-corrected chi connectivity index (χ3v) is 5.45. The fraction of sp³-hybridized carbons (Fsp3) is 0.364. The Kier molecular flexibility index (Phi) is 5.49. The lowest BCUT2D eigenvalue weighted by molar-refractivity contribution is -0.139. The van der Waals surface area contributed by atoms with Crippen molar-refractivity contribution in [2.24, 2.45) is 0 Å². The van der Waals surface area contributed by atoms with Crippen LogP contribution in [0.3, 0.4) is 0 Å². The summed E-state index contributed by atoms with van der Waals surface area (Å²) in [4.78, 5) is 27.3. The molecule has 1 aliphatic heterocycles. The molecule has 6 nitrogen and oxygen atoms in total.